The van der Waals surface area contributed by atoms with Crippen molar-refractivity contribution in [1.82, 2.24) is 9.88 Å². The Morgan fingerprint density at radius 2 is 1.67 bits per heavy atom. The van der Waals surface area contributed by atoms with E-state index in [1.807, 2.05) is 12.1 Å². The number of amides is 2. The lowest BCUT2D eigenvalue weighted by molar-refractivity contribution is 0.0665. The average molecular weight is 629 g/mol. The average Bonchev–Trinajstić information content (AvgIpc) is 2.99. The monoisotopic (exact) mass is 627 g/mol. The minimum atomic E-state index is -0.468. The summed E-state index contributed by atoms with van der Waals surface area (Å²) in [6.45, 7) is 6.74. The van der Waals surface area contributed by atoms with Gasteiger partial charge in [0, 0.05) is 55.7 Å². The number of likely N-dealkylation sites (tertiary alicyclic amines) is 1. The summed E-state index contributed by atoms with van der Waals surface area (Å²) < 4.78 is 12.0. The molecule has 1 atom stereocenters. The zero-order valence-corrected chi connectivity index (χ0v) is 25.4. The van der Waals surface area contributed by atoms with Gasteiger partial charge in [0.15, 0.2) is 0 Å². The van der Waals surface area contributed by atoms with Crippen molar-refractivity contribution in [3.63, 3.8) is 0 Å². The van der Waals surface area contributed by atoms with E-state index in [0.29, 0.717) is 46.9 Å². The van der Waals surface area contributed by atoms with Crippen LogP contribution in [-0.4, -0.2) is 85.0 Å². The number of nitrogens with one attached hydrogen (secondary N) is 2. The number of ether oxygens (including phenoxy) is 2. The van der Waals surface area contributed by atoms with Crippen LogP contribution in [0, 0.1) is 0 Å². The molecule has 3 heterocycles. The van der Waals surface area contributed by atoms with Crippen molar-refractivity contribution in [2.45, 2.75) is 32.0 Å². The van der Waals surface area contributed by atoms with Crippen molar-refractivity contribution in [2.75, 3.05) is 61.5 Å². The van der Waals surface area contributed by atoms with Crippen LogP contribution in [0.15, 0.2) is 54.7 Å². The summed E-state index contributed by atoms with van der Waals surface area (Å²) in [5.41, 5.74) is 1.75. The highest BCUT2D eigenvalue weighted by Gasteiger charge is 2.25. The fourth-order valence-electron chi connectivity index (χ4n) is 5.22. The number of aliphatic hydroxyl groups excluding tert-OH is 1. The number of hydrogen-bond donors (Lipinski definition) is 3. The molecule has 0 spiro atoms. The lowest BCUT2D eigenvalue weighted by Crippen LogP contribution is -2.41. The number of benzene rings is 2. The number of β-amino-alcohol motifs (C(OH)–C–C–N with tert-alkyl or cyclic N) is 1. The molecule has 0 bridgehead atoms. The number of rotatable bonds is 9. The third kappa shape index (κ3) is 8.36. The Morgan fingerprint density at radius 3 is 2.37 bits per heavy atom. The van der Waals surface area contributed by atoms with Gasteiger partial charge in [-0.05, 0) is 62.2 Å². The fourth-order valence-corrected chi connectivity index (χ4v) is 5.50. The van der Waals surface area contributed by atoms with Crippen LogP contribution in [0.3, 0.4) is 0 Å². The second-order valence-electron chi connectivity index (χ2n) is 10.7. The van der Waals surface area contributed by atoms with Crippen molar-refractivity contribution in [2.24, 2.45) is 0 Å². The summed E-state index contributed by atoms with van der Waals surface area (Å²) >= 11 is 12.2. The number of anilines is 3. The first-order valence-electron chi connectivity index (χ1n) is 14.3. The maximum absolute atomic E-state index is 13.8. The third-order valence-electron chi connectivity index (χ3n) is 7.38. The Bertz CT molecular complexity index is 1420. The molecule has 43 heavy (non-hydrogen) atoms. The van der Waals surface area contributed by atoms with Gasteiger partial charge in [0.1, 0.15) is 17.7 Å². The first-order valence-corrected chi connectivity index (χ1v) is 15.1. The van der Waals surface area contributed by atoms with E-state index < -0.39 is 11.8 Å². The van der Waals surface area contributed by atoms with Crippen LogP contribution < -0.4 is 20.3 Å². The van der Waals surface area contributed by atoms with Gasteiger partial charge in [-0.25, -0.2) is 4.98 Å². The topological polar surface area (TPSA) is 116 Å². The highest BCUT2D eigenvalue weighted by Crippen LogP contribution is 2.31. The SMILES string of the molecule is C[C@H](O)CN1CCC(Oc2cc(N3CCOCC3)ccc2C(=O)Nc2cc(Cl)ccc2C(=O)Nc2ccc(Cl)cn2)CC1. The van der Waals surface area contributed by atoms with E-state index in [0.717, 1.165) is 44.7 Å². The van der Waals surface area contributed by atoms with Crippen LogP contribution in [0.5, 0.6) is 5.75 Å². The van der Waals surface area contributed by atoms with E-state index in [2.05, 4.69) is 25.4 Å². The van der Waals surface area contributed by atoms with Gasteiger partial charge in [-0.2, -0.15) is 0 Å². The van der Waals surface area contributed by atoms with Crippen molar-refractivity contribution in [3.8, 4) is 5.75 Å². The summed E-state index contributed by atoms with van der Waals surface area (Å²) in [6, 6.07) is 13.4. The van der Waals surface area contributed by atoms with Gasteiger partial charge in [-0.1, -0.05) is 23.2 Å². The van der Waals surface area contributed by atoms with Crippen molar-refractivity contribution in [1.29, 1.82) is 0 Å². The van der Waals surface area contributed by atoms with Crippen LogP contribution in [0.1, 0.15) is 40.5 Å². The lowest BCUT2D eigenvalue weighted by atomic mass is 10.1. The number of carbonyl (C=O) groups is 2. The molecule has 0 unspecified atom stereocenters. The number of piperidine rings is 1. The van der Waals surface area contributed by atoms with Crippen molar-refractivity contribution < 1.29 is 24.2 Å². The molecule has 2 saturated heterocycles. The Balaban J connectivity index is 1.37. The number of hydrogen-bond acceptors (Lipinski definition) is 8. The molecular weight excluding hydrogens is 593 g/mol. The molecule has 0 radical (unpaired) electrons. The molecule has 2 aliphatic heterocycles. The van der Waals surface area contributed by atoms with Gasteiger partial charge >= 0.3 is 0 Å². The standard InChI is InChI=1S/C31H35Cl2N5O5/c1-20(39)19-37-10-8-24(9-11-37)43-28-17-23(38-12-14-42-15-13-38)4-6-26(28)31(41)35-27-16-21(32)2-5-25(27)30(40)36-29-7-3-22(33)18-34-29/h2-7,16-18,20,24,39H,8-15,19H2,1H3,(H,35,41)(H,34,36,40)/t20-/m0/s1. The summed E-state index contributed by atoms with van der Waals surface area (Å²) in [4.78, 5) is 35.4. The Labute approximate surface area is 260 Å². The first kappa shape index (κ1) is 31.0. The van der Waals surface area contributed by atoms with Crippen molar-refractivity contribution in [3.05, 3.63) is 75.9 Å². The molecule has 2 aliphatic rings. The van der Waals surface area contributed by atoms with E-state index in [-0.39, 0.29) is 23.5 Å². The van der Waals surface area contributed by atoms with Gasteiger partial charge in [0.25, 0.3) is 11.8 Å². The second-order valence-corrected chi connectivity index (χ2v) is 11.6. The molecule has 10 nitrogen and oxygen atoms in total. The number of carbonyl (C=O) groups excluding carboxylic acids is 2. The number of halogens is 2. The van der Waals surface area contributed by atoms with Crippen molar-refractivity contribution >= 4 is 52.2 Å². The molecule has 5 rings (SSSR count). The third-order valence-corrected chi connectivity index (χ3v) is 7.84. The predicted octanol–water partition coefficient (Wildman–Crippen LogP) is 4.95. The van der Waals surface area contributed by atoms with Crippen LogP contribution >= 0.6 is 23.2 Å². The Morgan fingerprint density at radius 1 is 0.977 bits per heavy atom. The highest BCUT2D eigenvalue weighted by molar-refractivity contribution is 6.31. The zero-order chi connectivity index (χ0) is 30.3. The van der Waals surface area contributed by atoms with Crippen LogP contribution in [0.25, 0.3) is 0 Å². The number of pyridine rings is 1. The highest BCUT2D eigenvalue weighted by atomic mass is 35.5. The second kappa shape index (κ2) is 14.4. The Kier molecular flexibility index (Phi) is 10.4. The van der Waals surface area contributed by atoms with Gasteiger partial charge in [-0.3, -0.25) is 9.59 Å². The van der Waals surface area contributed by atoms with Gasteiger partial charge in [0.2, 0.25) is 0 Å². The van der Waals surface area contributed by atoms with Gasteiger partial charge in [0.05, 0.1) is 41.2 Å². The molecule has 2 aromatic carbocycles. The molecule has 0 aliphatic carbocycles. The maximum Gasteiger partial charge on any atom is 0.259 e. The van der Waals surface area contributed by atoms with Crippen LogP contribution in [0.2, 0.25) is 10.0 Å². The molecule has 2 amide bonds. The minimum Gasteiger partial charge on any atom is -0.489 e. The summed E-state index contributed by atoms with van der Waals surface area (Å²) in [7, 11) is 0. The maximum atomic E-state index is 13.8. The summed E-state index contributed by atoms with van der Waals surface area (Å²) in [5.74, 6) is -0.120. The number of morpholine rings is 1. The molecular formula is C31H35Cl2N5O5. The smallest absolute Gasteiger partial charge is 0.259 e. The predicted molar refractivity (Wildman–Crippen MR) is 168 cm³/mol. The summed E-state index contributed by atoms with van der Waals surface area (Å²) in [6.07, 6.45) is 2.50. The van der Waals surface area contributed by atoms with E-state index in [4.69, 9.17) is 32.7 Å². The normalized spacial score (nSPS) is 16.9. The summed E-state index contributed by atoms with van der Waals surface area (Å²) in [5, 5.41) is 16.2. The fraction of sp³-hybridized carbons (Fsp3) is 0.387. The largest absolute Gasteiger partial charge is 0.489 e. The molecule has 12 heteroatoms. The van der Waals surface area contributed by atoms with Gasteiger partial charge < -0.3 is 35.0 Å². The number of nitrogens with zero attached hydrogens (tertiary/aromatic N) is 3. The van der Waals surface area contributed by atoms with E-state index in [9.17, 15) is 14.7 Å². The van der Waals surface area contributed by atoms with Crippen LogP contribution in [0.4, 0.5) is 17.2 Å². The van der Waals surface area contributed by atoms with E-state index >= 15 is 0 Å². The van der Waals surface area contributed by atoms with E-state index in [1.54, 1.807) is 37.3 Å². The zero-order valence-electron chi connectivity index (χ0n) is 23.9. The molecule has 2 fully saturated rings. The molecule has 228 valence electrons. The quantitative estimate of drug-likeness (QED) is 0.305. The molecule has 3 aromatic rings. The van der Waals surface area contributed by atoms with Crippen LogP contribution in [-0.2, 0) is 4.74 Å². The molecule has 3 N–H and O–H groups in total. The molecule has 1 aromatic heterocycles. The number of aliphatic hydroxyl groups is 1. The minimum absolute atomic E-state index is 0.0869. The van der Waals surface area contributed by atoms with Gasteiger partial charge in [-0.15, -0.1) is 0 Å². The lowest BCUT2D eigenvalue weighted by Gasteiger charge is -2.33. The number of aromatic nitrogens is 1. The first-order chi connectivity index (χ1) is 20.7. The molecule has 0 saturated carbocycles. The van der Waals surface area contributed by atoms with E-state index in [1.165, 1.54) is 12.3 Å². The Hall–Kier alpha value is -3.41.